The van der Waals surface area contributed by atoms with Crippen molar-refractivity contribution in [2.24, 2.45) is 5.92 Å². The first-order valence-corrected chi connectivity index (χ1v) is 11.6. The van der Waals surface area contributed by atoms with Gasteiger partial charge in [-0.1, -0.05) is 0 Å². The highest BCUT2D eigenvalue weighted by atomic mass is 19.1. The summed E-state index contributed by atoms with van der Waals surface area (Å²) < 4.78 is 40.0. The van der Waals surface area contributed by atoms with E-state index in [0.717, 1.165) is 31.7 Å². The van der Waals surface area contributed by atoms with E-state index < -0.39 is 17.2 Å². The van der Waals surface area contributed by atoms with Crippen molar-refractivity contribution in [1.29, 1.82) is 0 Å². The van der Waals surface area contributed by atoms with Crippen molar-refractivity contribution in [2.45, 2.75) is 58.1 Å². The van der Waals surface area contributed by atoms with Crippen LogP contribution in [0.25, 0.3) is 16.9 Å². The van der Waals surface area contributed by atoms with Crippen LogP contribution in [0.2, 0.25) is 0 Å². The second-order valence-corrected chi connectivity index (χ2v) is 9.71. The minimum atomic E-state index is -0.681. The van der Waals surface area contributed by atoms with Gasteiger partial charge in [-0.05, 0) is 64.5 Å². The zero-order valence-electron chi connectivity index (χ0n) is 20.0. The number of carbonyl (C=O) groups is 1. The SMILES string of the molecule is CC(C)(C)OC(=O)NC1CCC(COc2cncnc2-c2cnn(-c3cc(F)cc(F)c3)c2)CC1. The first kappa shape index (κ1) is 24.6. The van der Waals surface area contributed by atoms with E-state index in [1.165, 1.54) is 23.1 Å². The molecular weight excluding hydrogens is 456 g/mol. The molecule has 0 saturated heterocycles. The van der Waals surface area contributed by atoms with Crippen LogP contribution >= 0.6 is 0 Å². The van der Waals surface area contributed by atoms with E-state index in [2.05, 4.69) is 20.4 Å². The standard InChI is InChI=1S/C25H29F2N5O3/c1-25(2,3)35-24(33)31-20-6-4-16(5-7-20)14-34-22-12-28-15-29-23(22)17-11-30-32(13-17)21-9-18(26)8-19(27)10-21/h8-13,15-16,20H,4-7,14H2,1-3H3,(H,31,33). The summed E-state index contributed by atoms with van der Waals surface area (Å²) in [6.07, 6.45) is 9.34. The molecule has 1 aromatic carbocycles. The molecule has 8 nitrogen and oxygen atoms in total. The maximum Gasteiger partial charge on any atom is 0.407 e. The molecule has 3 aromatic rings. The first-order valence-electron chi connectivity index (χ1n) is 11.6. The molecule has 0 aliphatic heterocycles. The Morgan fingerprint density at radius 2 is 1.83 bits per heavy atom. The molecule has 1 aliphatic carbocycles. The molecule has 0 unspecified atom stereocenters. The van der Waals surface area contributed by atoms with Gasteiger partial charge in [-0.3, -0.25) is 0 Å². The summed E-state index contributed by atoms with van der Waals surface area (Å²) in [6.45, 7) is 6.01. The van der Waals surface area contributed by atoms with Gasteiger partial charge in [-0.25, -0.2) is 28.2 Å². The Bertz CT molecular complexity index is 1150. The lowest BCUT2D eigenvalue weighted by Crippen LogP contribution is -2.41. The van der Waals surface area contributed by atoms with Crippen LogP contribution in [0.5, 0.6) is 5.75 Å². The number of amides is 1. The topological polar surface area (TPSA) is 91.2 Å². The molecule has 1 saturated carbocycles. The molecule has 35 heavy (non-hydrogen) atoms. The Morgan fingerprint density at radius 3 is 2.51 bits per heavy atom. The monoisotopic (exact) mass is 485 g/mol. The maximum atomic E-state index is 13.6. The Hall–Kier alpha value is -3.56. The molecular formula is C25H29F2N5O3. The lowest BCUT2D eigenvalue weighted by Gasteiger charge is -2.30. The number of hydrogen-bond donors (Lipinski definition) is 1. The molecule has 0 spiro atoms. The molecule has 1 aliphatic rings. The van der Waals surface area contributed by atoms with E-state index in [0.29, 0.717) is 29.5 Å². The minimum Gasteiger partial charge on any atom is -0.489 e. The second-order valence-electron chi connectivity index (χ2n) is 9.71. The fourth-order valence-electron chi connectivity index (χ4n) is 4.05. The average molecular weight is 486 g/mol. The van der Waals surface area contributed by atoms with Crippen LogP contribution in [0.15, 0.2) is 43.1 Å². The molecule has 1 fully saturated rings. The minimum absolute atomic E-state index is 0.0928. The van der Waals surface area contributed by atoms with Crippen LogP contribution in [0.1, 0.15) is 46.5 Å². The van der Waals surface area contributed by atoms with Crippen molar-refractivity contribution in [3.05, 3.63) is 54.8 Å². The number of carbonyl (C=O) groups excluding carboxylic acids is 1. The first-order chi connectivity index (χ1) is 16.7. The fraction of sp³-hybridized carbons (Fsp3) is 0.440. The van der Waals surface area contributed by atoms with Gasteiger partial charge in [0.25, 0.3) is 0 Å². The van der Waals surface area contributed by atoms with Gasteiger partial charge >= 0.3 is 6.09 Å². The van der Waals surface area contributed by atoms with E-state index >= 15 is 0 Å². The summed E-state index contributed by atoms with van der Waals surface area (Å²) in [4.78, 5) is 20.4. The van der Waals surface area contributed by atoms with Crippen LogP contribution in [0, 0.1) is 17.6 Å². The predicted octanol–water partition coefficient (Wildman–Crippen LogP) is 5.07. The number of nitrogens with one attached hydrogen (secondary N) is 1. The Labute approximate surface area is 202 Å². The van der Waals surface area contributed by atoms with Gasteiger partial charge in [0.15, 0.2) is 5.75 Å². The van der Waals surface area contributed by atoms with E-state index in [-0.39, 0.29) is 17.8 Å². The molecule has 0 bridgehead atoms. The number of ether oxygens (including phenoxy) is 2. The van der Waals surface area contributed by atoms with E-state index in [1.807, 2.05) is 20.8 Å². The van der Waals surface area contributed by atoms with Gasteiger partial charge in [0.1, 0.15) is 29.3 Å². The highest BCUT2D eigenvalue weighted by Crippen LogP contribution is 2.30. The molecule has 10 heteroatoms. The maximum absolute atomic E-state index is 13.6. The normalized spacial score (nSPS) is 18.2. The summed E-state index contributed by atoms with van der Waals surface area (Å²) in [7, 11) is 0. The van der Waals surface area contributed by atoms with Crippen LogP contribution in [-0.4, -0.2) is 44.1 Å². The largest absolute Gasteiger partial charge is 0.489 e. The van der Waals surface area contributed by atoms with Crippen molar-refractivity contribution >= 4 is 6.09 Å². The summed E-state index contributed by atoms with van der Waals surface area (Å²) in [5.41, 5.74) is 0.928. The van der Waals surface area contributed by atoms with E-state index in [9.17, 15) is 13.6 Å². The van der Waals surface area contributed by atoms with Crippen LogP contribution in [0.3, 0.4) is 0 Å². The molecule has 4 rings (SSSR count). The highest BCUT2D eigenvalue weighted by Gasteiger charge is 2.25. The Morgan fingerprint density at radius 1 is 1.11 bits per heavy atom. The summed E-state index contributed by atoms with van der Waals surface area (Å²) >= 11 is 0. The van der Waals surface area contributed by atoms with Gasteiger partial charge in [0.05, 0.1) is 24.7 Å². The number of aromatic nitrogens is 4. The number of hydrogen-bond acceptors (Lipinski definition) is 6. The second kappa shape index (κ2) is 10.4. The number of benzene rings is 1. The summed E-state index contributed by atoms with van der Waals surface area (Å²) in [6, 6.07) is 3.30. The summed E-state index contributed by atoms with van der Waals surface area (Å²) in [5.74, 6) is -0.526. The van der Waals surface area contributed by atoms with Gasteiger partial charge in [0.2, 0.25) is 0 Å². The van der Waals surface area contributed by atoms with E-state index in [1.54, 1.807) is 18.6 Å². The number of nitrogens with zero attached hydrogens (tertiary/aromatic N) is 4. The third kappa shape index (κ3) is 6.74. The van der Waals surface area contributed by atoms with E-state index in [4.69, 9.17) is 9.47 Å². The zero-order valence-corrected chi connectivity index (χ0v) is 20.0. The molecule has 0 radical (unpaired) electrons. The third-order valence-electron chi connectivity index (χ3n) is 5.69. The van der Waals surface area contributed by atoms with Crippen molar-refractivity contribution < 1.29 is 23.0 Å². The van der Waals surface area contributed by atoms with Gasteiger partial charge in [-0.15, -0.1) is 0 Å². The van der Waals surface area contributed by atoms with Crippen molar-refractivity contribution in [3.63, 3.8) is 0 Å². The zero-order chi connectivity index (χ0) is 25.0. The van der Waals surface area contributed by atoms with Gasteiger partial charge in [-0.2, -0.15) is 5.10 Å². The van der Waals surface area contributed by atoms with Gasteiger partial charge in [0, 0.05) is 23.9 Å². The fourth-order valence-corrected chi connectivity index (χ4v) is 4.05. The van der Waals surface area contributed by atoms with Crippen molar-refractivity contribution in [1.82, 2.24) is 25.1 Å². The van der Waals surface area contributed by atoms with Crippen molar-refractivity contribution in [2.75, 3.05) is 6.61 Å². The lowest BCUT2D eigenvalue weighted by atomic mass is 9.86. The number of rotatable bonds is 6. The Balaban J connectivity index is 1.35. The average Bonchev–Trinajstić information content (AvgIpc) is 3.27. The highest BCUT2D eigenvalue weighted by molar-refractivity contribution is 5.68. The quantitative estimate of drug-likeness (QED) is 0.524. The third-order valence-corrected chi connectivity index (χ3v) is 5.69. The van der Waals surface area contributed by atoms with Gasteiger partial charge < -0.3 is 14.8 Å². The smallest absolute Gasteiger partial charge is 0.407 e. The van der Waals surface area contributed by atoms with Crippen LogP contribution in [0.4, 0.5) is 13.6 Å². The molecule has 2 heterocycles. The van der Waals surface area contributed by atoms with Crippen molar-refractivity contribution in [3.8, 4) is 22.7 Å². The number of halogens is 2. The summed E-state index contributed by atoms with van der Waals surface area (Å²) in [5, 5.41) is 7.16. The van der Waals surface area contributed by atoms with Crippen LogP contribution < -0.4 is 10.1 Å². The molecule has 0 atom stereocenters. The Kier molecular flexibility index (Phi) is 7.28. The molecule has 186 valence electrons. The predicted molar refractivity (Wildman–Crippen MR) is 125 cm³/mol. The number of alkyl carbamates (subject to hydrolysis) is 1. The molecule has 1 N–H and O–H groups in total. The molecule has 1 amide bonds. The van der Waals surface area contributed by atoms with Crippen LogP contribution in [-0.2, 0) is 4.74 Å². The lowest BCUT2D eigenvalue weighted by molar-refractivity contribution is 0.0483. The molecule has 2 aromatic heterocycles.